The van der Waals surface area contributed by atoms with E-state index in [1.807, 2.05) is 27.7 Å². The van der Waals surface area contributed by atoms with E-state index in [0.29, 0.717) is 24.4 Å². The number of carbonyl (C=O) groups excluding carboxylic acids is 2. The second-order valence-corrected chi connectivity index (χ2v) is 12.6. The van der Waals surface area contributed by atoms with Crippen LogP contribution in [0.1, 0.15) is 87.2 Å². The number of hydrogen-bond acceptors (Lipinski definition) is 7. The van der Waals surface area contributed by atoms with Crippen molar-refractivity contribution in [3.8, 4) is 10.4 Å². The number of nitrogens with one attached hydrogen (secondary N) is 2. The third kappa shape index (κ3) is 7.02. The quantitative estimate of drug-likeness (QED) is 0.434. The van der Waals surface area contributed by atoms with Gasteiger partial charge in [-0.25, -0.2) is 9.97 Å². The molecular formula is C26H36F3N5O3S. The van der Waals surface area contributed by atoms with Gasteiger partial charge in [-0.3, -0.25) is 9.59 Å². The molecule has 2 aromatic heterocycles. The van der Waals surface area contributed by atoms with Crippen LogP contribution in [0.5, 0.6) is 0 Å². The van der Waals surface area contributed by atoms with Crippen molar-refractivity contribution < 1.29 is 27.9 Å². The number of alkyl halides is 3. The maximum absolute atomic E-state index is 14.3. The van der Waals surface area contributed by atoms with Crippen LogP contribution < -0.4 is 10.6 Å². The SMILES string of the molecule is CC(NC(=O)c1nc(C(=O)N2CCC[C@@H]2C)c(-c2cnc(NCC(C)(C)C)cc2C(F)(F)F)s1)C(C)(C)O. The maximum Gasteiger partial charge on any atom is 0.417 e. The lowest BCUT2D eigenvalue weighted by molar-refractivity contribution is -0.137. The average molecular weight is 556 g/mol. The van der Waals surface area contributed by atoms with Crippen LogP contribution in [0.25, 0.3) is 10.4 Å². The van der Waals surface area contributed by atoms with Crippen molar-refractivity contribution in [3.63, 3.8) is 0 Å². The predicted octanol–water partition coefficient (Wildman–Crippen LogP) is 5.20. The van der Waals surface area contributed by atoms with Gasteiger partial charge in [-0.1, -0.05) is 20.8 Å². The number of hydrogen-bond donors (Lipinski definition) is 3. The summed E-state index contributed by atoms with van der Waals surface area (Å²) in [7, 11) is 0. The van der Waals surface area contributed by atoms with Crippen LogP contribution in [0.4, 0.5) is 19.0 Å². The molecule has 1 fully saturated rings. The highest BCUT2D eigenvalue weighted by molar-refractivity contribution is 7.17. The van der Waals surface area contributed by atoms with Crippen LogP contribution in [0, 0.1) is 5.41 Å². The normalized spacial score (nSPS) is 17.4. The third-order valence-corrected chi connectivity index (χ3v) is 7.59. The molecule has 2 amide bonds. The Kier molecular flexibility index (Phi) is 8.47. The standard InChI is InChI=1S/C26H36F3N5O3S/c1-14-9-8-10-34(14)23(36)19-20(38-22(33-19)21(35)32-15(2)25(6,7)37)16-12-30-18(31-13-24(3,4)5)11-17(16)26(27,28)29/h11-12,14-15,37H,8-10,13H2,1-7H3,(H,30,31)(H,32,35)/t14-,15?/m0/s1. The van der Waals surface area contributed by atoms with Crippen molar-refractivity contribution in [2.24, 2.45) is 5.41 Å². The van der Waals surface area contributed by atoms with Crippen LogP contribution in [0.3, 0.4) is 0 Å². The Hall–Kier alpha value is -2.73. The highest BCUT2D eigenvalue weighted by atomic mass is 32.1. The summed E-state index contributed by atoms with van der Waals surface area (Å²) in [6, 6.07) is 0.137. The summed E-state index contributed by atoms with van der Waals surface area (Å²) >= 11 is 0.703. The molecule has 0 aliphatic carbocycles. The van der Waals surface area contributed by atoms with Gasteiger partial charge in [0.25, 0.3) is 11.8 Å². The van der Waals surface area contributed by atoms with E-state index in [0.717, 1.165) is 25.1 Å². The van der Waals surface area contributed by atoms with Gasteiger partial charge < -0.3 is 20.6 Å². The highest BCUT2D eigenvalue weighted by Gasteiger charge is 2.38. The molecule has 0 spiro atoms. The molecule has 2 aromatic rings. The molecule has 1 aliphatic rings. The van der Waals surface area contributed by atoms with Gasteiger partial charge in [0.2, 0.25) is 0 Å². The molecule has 38 heavy (non-hydrogen) atoms. The molecule has 0 bridgehead atoms. The van der Waals surface area contributed by atoms with E-state index in [4.69, 9.17) is 0 Å². The molecule has 0 radical (unpaired) electrons. The number of carbonyl (C=O) groups is 2. The zero-order valence-electron chi connectivity index (χ0n) is 22.8. The van der Waals surface area contributed by atoms with Crippen LogP contribution in [0.2, 0.25) is 0 Å². The minimum Gasteiger partial charge on any atom is -0.388 e. The Bertz CT molecular complexity index is 1180. The summed E-state index contributed by atoms with van der Waals surface area (Å²) in [5, 5.41) is 15.6. The summed E-state index contributed by atoms with van der Waals surface area (Å²) < 4.78 is 42.8. The monoisotopic (exact) mass is 555 g/mol. The van der Waals surface area contributed by atoms with Crippen molar-refractivity contribution >= 4 is 29.0 Å². The number of halogens is 3. The molecule has 2 atom stereocenters. The minimum absolute atomic E-state index is 0.0542. The fourth-order valence-corrected chi connectivity index (χ4v) is 4.86. The Morgan fingerprint density at radius 1 is 1.24 bits per heavy atom. The fraction of sp³-hybridized carbons (Fsp3) is 0.615. The number of likely N-dealkylation sites (tertiary alicyclic amines) is 1. The van der Waals surface area contributed by atoms with Crippen LogP contribution in [-0.2, 0) is 6.18 Å². The smallest absolute Gasteiger partial charge is 0.388 e. The van der Waals surface area contributed by atoms with Gasteiger partial charge >= 0.3 is 6.18 Å². The number of nitrogens with zero attached hydrogens (tertiary/aromatic N) is 3. The average Bonchev–Trinajstić information content (AvgIpc) is 3.42. The molecule has 3 rings (SSSR count). The van der Waals surface area contributed by atoms with Crippen LogP contribution >= 0.6 is 11.3 Å². The fourth-order valence-electron chi connectivity index (χ4n) is 3.87. The van der Waals surface area contributed by atoms with E-state index in [1.165, 1.54) is 13.8 Å². The van der Waals surface area contributed by atoms with Gasteiger partial charge in [-0.05, 0) is 52.0 Å². The summed E-state index contributed by atoms with van der Waals surface area (Å²) in [5.41, 5.74) is -2.95. The molecule has 8 nitrogen and oxygen atoms in total. The Labute approximate surface area is 225 Å². The zero-order chi connectivity index (χ0) is 28.6. The lowest BCUT2D eigenvalue weighted by Gasteiger charge is -2.26. The topological polar surface area (TPSA) is 107 Å². The first-order valence-corrected chi connectivity index (χ1v) is 13.4. The number of aromatic nitrogens is 2. The van der Waals surface area contributed by atoms with Crippen molar-refractivity contribution in [1.29, 1.82) is 0 Å². The van der Waals surface area contributed by atoms with E-state index in [2.05, 4.69) is 20.6 Å². The van der Waals surface area contributed by atoms with E-state index in [1.54, 1.807) is 11.8 Å². The first-order valence-electron chi connectivity index (χ1n) is 12.5. The largest absolute Gasteiger partial charge is 0.417 e. The second-order valence-electron chi connectivity index (χ2n) is 11.6. The summed E-state index contributed by atoms with van der Waals surface area (Å²) in [6.07, 6.45) is -2.14. The van der Waals surface area contributed by atoms with Crippen molar-refractivity contribution in [1.82, 2.24) is 20.2 Å². The van der Waals surface area contributed by atoms with Gasteiger partial charge in [-0.2, -0.15) is 13.2 Å². The predicted molar refractivity (Wildman–Crippen MR) is 141 cm³/mol. The van der Waals surface area contributed by atoms with Gasteiger partial charge in [0.1, 0.15) is 11.5 Å². The number of pyridine rings is 1. The number of amides is 2. The number of aliphatic hydroxyl groups is 1. The van der Waals surface area contributed by atoms with Crippen LogP contribution in [0.15, 0.2) is 12.3 Å². The first kappa shape index (κ1) is 29.8. The number of anilines is 1. The molecule has 1 saturated heterocycles. The van der Waals surface area contributed by atoms with E-state index >= 15 is 0 Å². The minimum atomic E-state index is -4.75. The zero-order valence-corrected chi connectivity index (χ0v) is 23.6. The molecular weight excluding hydrogens is 519 g/mol. The molecule has 3 N–H and O–H groups in total. The first-order chi connectivity index (χ1) is 17.4. The Balaban J connectivity index is 2.12. The molecule has 210 valence electrons. The molecule has 1 unspecified atom stereocenters. The van der Waals surface area contributed by atoms with Crippen molar-refractivity contribution in [2.45, 2.75) is 85.2 Å². The van der Waals surface area contributed by atoms with Gasteiger partial charge in [0.05, 0.1) is 22.1 Å². The lowest BCUT2D eigenvalue weighted by Crippen LogP contribution is -2.47. The Morgan fingerprint density at radius 2 is 1.89 bits per heavy atom. The Morgan fingerprint density at radius 3 is 2.42 bits per heavy atom. The summed E-state index contributed by atoms with van der Waals surface area (Å²) in [5.74, 6) is -1.17. The number of thiazole rings is 1. The van der Waals surface area contributed by atoms with E-state index in [9.17, 15) is 27.9 Å². The highest BCUT2D eigenvalue weighted by Crippen LogP contribution is 2.42. The molecule has 0 saturated carbocycles. The maximum atomic E-state index is 14.3. The molecule has 0 aromatic carbocycles. The van der Waals surface area contributed by atoms with E-state index < -0.39 is 35.2 Å². The summed E-state index contributed by atoms with van der Waals surface area (Å²) in [4.78, 5) is 36.4. The second kappa shape index (κ2) is 10.8. The third-order valence-electron chi connectivity index (χ3n) is 6.50. The van der Waals surface area contributed by atoms with E-state index in [-0.39, 0.29) is 38.4 Å². The van der Waals surface area contributed by atoms with Gasteiger partial charge in [0.15, 0.2) is 5.01 Å². The van der Waals surface area contributed by atoms with Crippen molar-refractivity contribution in [3.05, 3.63) is 28.5 Å². The lowest BCUT2D eigenvalue weighted by atomic mass is 9.97. The van der Waals surface area contributed by atoms with Gasteiger partial charge in [-0.15, -0.1) is 11.3 Å². The van der Waals surface area contributed by atoms with Gasteiger partial charge in [0, 0.05) is 30.9 Å². The molecule has 1 aliphatic heterocycles. The van der Waals surface area contributed by atoms with Crippen molar-refractivity contribution in [2.75, 3.05) is 18.4 Å². The molecule has 3 heterocycles. The number of rotatable bonds is 7. The summed E-state index contributed by atoms with van der Waals surface area (Å²) in [6.45, 7) is 13.2. The van der Waals surface area contributed by atoms with Crippen LogP contribution in [-0.4, -0.2) is 62.6 Å². The molecule has 12 heteroatoms.